The summed E-state index contributed by atoms with van der Waals surface area (Å²) in [6, 6.07) is 3.26. The van der Waals surface area contributed by atoms with E-state index in [1.165, 1.54) is 0 Å². The number of furan rings is 1. The van der Waals surface area contributed by atoms with E-state index in [1.54, 1.807) is 31.3 Å². The van der Waals surface area contributed by atoms with Crippen LogP contribution in [0.15, 0.2) is 22.8 Å². The molecule has 0 spiro atoms. The molecule has 0 saturated carbocycles. The predicted molar refractivity (Wildman–Crippen MR) is 53.8 cm³/mol. The Morgan fingerprint density at radius 3 is 2.36 bits per heavy atom. The summed E-state index contributed by atoms with van der Waals surface area (Å²) in [5.41, 5.74) is 0. The van der Waals surface area contributed by atoms with E-state index in [-0.39, 0.29) is 11.9 Å². The van der Waals surface area contributed by atoms with Crippen LogP contribution in [0, 0.1) is 0 Å². The summed E-state index contributed by atoms with van der Waals surface area (Å²) in [5.74, 6) is 0.693. The first kappa shape index (κ1) is 10.8. The molecule has 0 aliphatic heterocycles. The zero-order valence-electron chi connectivity index (χ0n) is 9.02. The van der Waals surface area contributed by atoms with Crippen LogP contribution in [0.5, 0.6) is 0 Å². The van der Waals surface area contributed by atoms with E-state index < -0.39 is 0 Å². The molecule has 0 bridgehead atoms. The van der Waals surface area contributed by atoms with Gasteiger partial charge >= 0.3 is 0 Å². The van der Waals surface area contributed by atoms with Crippen LogP contribution in [0.2, 0.25) is 0 Å². The third-order valence-electron chi connectivity index (χ3n) is 2.00. The van der Waals surface area contributed by atoms with E-state index in [0.717, 1.165) is 0 Å². The molecule has 0 radical (unpaired) electrons. The molecule has 0 fully saturated rings. The maximum absolute atomic E-state index is 11.8. The lowest BCUT2D eigenvalue weighted by Gasteiger charge is -2.24. The maximum atomic E-state index is 11.8. The van der Waals surface area contributed by atoms with Gasteiger partial charge in [-0.15, -0.1) is 0 Å². The Kier molecular flexibility index (Phi) is 3.30. The van der Waals surface area contributed by atoms with Crippen LogP contribution in [0.4, 0.5) is 0 Å². The summed E-state index contributed by atoms with van der Waals surface area (Å²) in [6.45, 7) is 0. The van der Waals surface area contributed by atoms with Gasteiger partial charge in [-0.1, -0.05) is 0 Å². The Bertz CT molecular complexity index is 291. The molecular weight excluding hydrogens is 180 g/mol. The van der Waals surface area contributed by atoms with Crippen LogP contribution in [0.25, 0.3) is 0 Å². The highest BCUT2D eigenvalue weighted by Gasteiger charge is 2.26. The Morgan fingerprint density at radius 2 is 2.00 bits per heavy atom. The van der Waals surface area contributed by atoms with Gasteiger partial charge in [-0.25, -0.2) is 0 Å². The van der Waals surface area contributed by atoms with Crippen molar-refractivity contribution in [3.63, 3.8) is 0 Å². The molecule has 0 N–H and O–H groups in total. The lowest BCUT2D eigenvalue weighted by Crippen LogP contribution is -2.36. The Labute approximate surface area is 84.1 Å². The summed E-state index contributed by atoms with van der Waals surface area (Å²) in [6.07, 6.45) is 1.58. The van der Waals surface area contributed by atoms with Crippen LogP contribution in [-0.4, -0.2) is 43.9 Å². The van der Waals surface area contributed by atoms with Gasteiger partial charge in [-0.2, -0.15) is 0 Å². The number of hydrogen-bond donors (Lipinski definition) is 0. The predicted octanol–water partition coefficient (Wildman–Crippen LogP) is 0.970. The molecule has 1 heterocycles. The normalized spacial score (nSPS) is 12.9. The molecule has 1 unspecified atom stereocenters. The van der Waals surface area contributed by atoms with E-state index >= 15 is 0 Å². The lowest BCUT2D eigenvalue weighted by atomic mass is 10.2. The molecule has 1 atom stereocenters. The minimum atomic E-state index is -0.333. The summed E-state index contributed by atoms with van der Waals surface area (Å²) in [5, 5.41) is 0. The zero-order chi connectivity index (χ0) is 10.7. The van der Waals surface area contributed by atoms with Crippen LogP contribution >= 0.6 is 0 Å². The van der Waals surface area contributed by atoms with Crippen LogP contribution in [-0.2, 0) is 4.79 Å². The smallest absolute Gasteiger partial charge is 0.247 e. The van der Waals surface area contributed by atoms with E-state index in [0.29, 0.717) is 5.76 Å². The number of likely N-dealkylation sites (N-methyl/N-ethyl adjacent to an activating group) is 2. The second-order valence-corrected chi connectivity index (χ2v) is 3.61. The number of nitrogens with zero attached hydrogens (tertiary/aromatic N) is 2. The van der Waals surface area contributed by atoms with E-state index in [1.807, 2.05) is 25.1 Å². The molecule has 1 amide bonds. The van der Waals surface area contributed by atoms with Crippen LogP contribution in [0.1, 0.15) is 11.8 Å². The SMILES string of the molecule is CN(C)C(=O)C(c1ccco1)N(C)C. The van der Waals surface area contributed by atoms with Crippen molar-refractivity contribution >= 4 is 5.91 Å². The first-order valence-electron chi connectivity index (χ1n) is 4.45. The molecule has 0 saturated heterocycles. The number of carbonyl (C=O) groups excluding carboxylic acids is 1. The van der Waals surface area contributed by atoms with E-state index in [4.69, 9.17) is 4.42 Å². The van der Waals surface area contributed by atoms with Crippen LogP contribution in [0.3, 0.4) is 0 Å². The van der Waals surface area contributed by atoms with Gasteiger partial charge in [-0.05, 0) is 26.2 Å². The Balaban J connectivity index is 2.91. The number of carbonyl (C=O) groups is 1. The molecule has 0 aliphatic carbocycles. The van der Waals surface area contributed by atoms with Crippen molar-refractivity contribution in [3.05, 3.63) is 24.2 Å². The molecule has 4 nitrogen and oxygen atoms in total. The number of hydrogen-bond acceptors (Lipinski definition) is 3. The monoisotopic (exact) mass is 196 g/mol. The molecule has 0 aliphatic rings. The van der Waals surface area contributed by atoms with E-state index in [9.17, 15) is 4.79 Å². The minimum absolute atomic E-state index is 0.0185. The van der Waals surface area contributed by atoms with Crippen molar-refractivity contribution in [1.29, 1.82) is 0 Å². The molecule has 4 heteroatoms. The van der Waals surface area contributed by atoms with Gasteiger partial charge in [0.2, 0.25) is 5.91 Å². The average Bonchev–Trinajstić information content (AvgIpc) is 2.56. The van der Waals surface area contributed by atoms with Gasteiger partial charge in [0.15, 0.2) is 0 Å². The Hall–Kier alpha value is -1.29. The van der Waals surface area contributed by atoms with Gasteiger partial charge in [0.25, 0.3) is 0 Å². The maximum Gasteiger partial charge on any atom is 0.247 e. The van der Waals surface area contributed by atoms with Gasteiger partial charge in [0, 0.05) is 14.1 Å². The standard InChI is InChI=1S/C10H16N2O2/c1-11(2)9(10(13)12(3)4)8-6-5-7-14-8/h5-7,9H,1-4H3. The van der Waals surface area contributed by atoms with Gasteiger partial charge in [0.1, 0.15) is 11.8 Å². The quantitative estimate of drug-likeness (QED) is 0.722. The van der Waals surface area contributed by atoms with Crippen molar-refractivity contribution in [2.24, 2.45) is 0 Å². The summed E-state index contributed by atoms with van der Waals surface area (Å²) >= 11 is 0. The first-order chi connectivity index (χ1) is 6.54. The molecular formula is C10H16N2O2. The third kappa shape index (κ3) is 2.14. The average molecular weight is 196 g/mol. The largest absolute Gasteiger partial charge is 0.467 e. The Morgan fingerprint density at radius 1 is 1.36 bits per heavy atom. The number of rotatable bonds is 3. The third-order valence-corrected chi connectivity index (χ3v) is 2.00. The molecule has 0 aromatic carbocycles. The van der Waals surface area contributed by atoms with Gasteiger partial charge in [0.05, 0.1) is 6.26 Å². The fraction of sp³-hybridized carbons (Fsp3) is 0.500. The molecule has 1 rings (SSSR count). The molecule has 78 valence electrons. The van der Waals surface area contributed by atoms with E-state index in [2.05, 4.69) is 0 Å². The van der Waals surface area contributed by atoms with Gasteiger partial charge in [-0.3, -0.25) is 9.69 Å². The van der Waals surface area contributed by atoms with Crippen molar-refractivity contribution < 1.29 is 9.21 Å². The highest BCUT2D eigenvalue weighted by molar-refractivity contribution is 5.82. The molecule has 1 aromatic rings. The van der Waals surface area contributed by atoms with Crippen molar-refractivity contribution in [1.82, 2.24) is 9.80 Å². The second kappa shape index (κ2) is 4.28. The topological polar surface area (TPSA) is 36.7 Å². The first-order valence-corrected chi connectivity index (χ1v) is 4.45. The van der Waals surface area contributed by atoms with Gasteiger partial charge < -0.3 is 9.32 Å². The molecule has 14 heavy (non-hydrogen) atoms. The molecule has 1 aromatic heterocycles. The summed E-state index contributed by atoms with van der Waals surface area (Å²) < 4.78 is 5.24. The second-order valence-electron chi connectivity index (χ2n) is 3.61. The highest BCUT2D eigenvalue weighted by Crippen LogP contribution is 2.20. The fourth-order valence-corrected chi connectivity index (χ4v) is 1.29. The summed E-state index contributed by atoms with van der Waals surface area (Å²) in [7, 11) is 7.19. The number of amides is 1. The van der Waals surface area contributed by atoms with Crippen molar-refractivity contribution in [2.45, 2.75) is 6.04 Å². The fourth-order valence-electron chi connectivity index (χ4n) is 1.29. The highest BCUT2D eigenvalue weighted by atomic mass is 16.3. The minimum Gasteiger partial charge on any atom is -0.467 e. The summed E-state index contributed by atoms with van der Waals surface area (Å²) in [4.78, 5) is 15.2. The van der Waals surface area contributed by atoms with Crippen molar-refractivity contribution in [3.8, 4) is 0 Å². The zero-order valence-corrected chi connectivity index (χ0v) is 9.02. The van der Waals surface area contributed by atoms with Crippen molar-refractivity contribution in [2.75, 3.05) is 28.2 Å². The van der Waals surface area contributed by atoms with Crippen LogP contribution < -0.4 is 0 Å². The lowest BCUT2D eigenvalue weighted by molar-refractivity contribution is -0.134.